The van der Waals surface area contributed by atoms with Crippen LogP contribution in [0.25, 0.3) is 33.4 Å². The van der Waals surface area contributed by atoms with Crippen LogP contribution in [-0.4, -0.2) is 0 Å². The van der Waals surface area contributed by atoms with Crippen LogP contribution in [0.4, 0.5) is 17.1 Å². The largest absolute Gasteiger partial charge is 0.456 e. The summed E-state index contributed by atoms with van der Waals surface area (Å²) in [6, 6.07) is 55.5. The monoisotopic (exact) mass is 675 g/mol. The van der Waals surface area contributed by atoms with E-state index in [2.05, 4.69) is 184 Å². The highest BCUT2D eigenvalue weighted by atomic mass is 32.2. The van der Waals surface area contributed by atoms with E-state index in [1.165, 1.54) is 76.8 Å². The molecule has 246 valence electrons. The zero-order valence-corrected chi connectivity index (χ0v) is 30.0. The van der Waals surface area contributed by atoms with Gasteiger partial charge in [0.15, 0.2) is 0 Å². The first-order chi connectivity index (χ1) is 24.8. The molecule has 51 heavy (non-hydrogen) atoms. The second kappa shape index (κ2) is 11.0. The Morgan fingerprint density at radius 1 is 0.471 bits per heavy atom. The standard InChI is InChI=1S/C48H37NOS/c1-47(2)36-17-11-12-18-42(36)50-46-38(47)24-23-37-45(46)35-22-21-34(29-39(35)48(37,3)4)49-40-25-19-32(30-13-7-5-8-14-30)27-43(40)51-44-28-33(20-26-41(44)49)31-15-9-6-10-16-31/h5-29H,1-4H3. The van der Waals surface area contributed by atoms with Crippen molar-refractivity contribution in [1.29, 1.82) is 0 Å². The summed E-state index contributed by atoms with van der Waals surface area (Å²) in [5, 5.41) is 0. The lowest BCUT2D eigenvalue weighted by atomic mass is 9.74. The van der Waals surface area contributed by atoms with Gasteiger partial charge in [-0.3, -0.25) is 0 Å². The van der Waals surface area contributed by atoms with E-state index in [0.29, 0.717) is 0 Å². The molecule has 1 aliphatic carbocycles. The molecule has 0 aromatic heterocycles. The molecule has 0 spiro atoms. The Kier molecular flexibility index (Phi) is 6.54. The van der Waals surface area contributed by atoms with Crippen LogP contribution >= 0.6 is 11.8 Å². The van der Waals surface area contributed by atoms with Gasteiger partial charge >= 0.3 is 0 Å². The predicted octanol–water partition coefficient (Wildman–Crippen LogP) is 13.7. The molecule has 3 heteroatoms. The SMILES string of the molecule is CC1(C)c2ccccc2Oc2c1ccc1c2-c2ccc(N3c4ccc(-c5ccccc5)cc4Sc4cc(-c5ccccc5)ccc43)cc2C1(C)C. The van der Waals surface area contributed by atoms with Gasteiger partial charge in [-0.25, -0.2) is 0 Å². The molecular weight excluding hydrogens is 639 g/mol. The van der Waals surface area contributed by atoms with E-state index in [1.54, 1.807) is 0 Å². The molecular formula is C48H37NOS. The summed E-state index contributed by atoms with van der Waals surface area (Å²) in [6.07, 6.45) is 0. The maximum atomic E-state index is 6.83. The predicted molar refractivity (Wildman–Crippen MR) is 212 cm³/mol. The number of fused-ring (bicyclic) bond motifs is 8. The van der Waals surface area contributed by atoms with Crippen molar-refractivity contribution in [2.45, 2.75) is 48.3 Å². The lowest BCUT2D eigenvalue weighted by Gasteiger charge is -2.36. The minimum atomic E-state index is -0.204. The first kappa shape index (κ1) is 30.3. The van der Waals surface area contributed by atoms with Crippen LogP contribution in [0, 0.1) is 0 Å². The second-order valence-electron chi connectivity index (χ2n) is 15.0. The fourth-order valence-electron chi connectivity index (χ4n) is 8.56. The van der Waals surface area contributed by atoms with Gasteiger partial charge in [0.1, 0.15) is 11.5 Å². The Morgan fingerprint density at radius 2 is 1.04 bits per heavy atom. The molecule has 0 unspecified atom stereocenters. The van der Waals surface area contributed by atoms with Gasteiger partial charge in [0.2, 0.25) is 0 Å². The summed E-state index contributed by atoms with van der Waals surface area (Å²) in [7, 11) is 0. The molecule has 7 aromatic carbocycles. The molecule has 7 aromatic rings. The van der Waals surface area contributed by atoms with Gasteiger partial charge in [-0.1, -0.05) is 149 Å². The zero-order chi connectivity index (χ0) is 34.5. The van der Waals surface area contributed by atoms with Gasteiger partial charge in [-0.15, -0.1) is 0 Å². The number of nitrogens with zero attached hydrogens (tertiary/aromatic N) is 1. The fraction of sp³-hybridized carbons (Fsp3) is 0.125. The van der Waals surface area contributed by atoms with E-state index >= 15 is 0 Å². The second-order valence-corrected chi connectivity index (χ2v) is 16.1. The van der Waals surface area contributed by atoms with Crippen molar-refractivity contribution in [3.05, 3.63) is 174 Å². The zero-order valence-electron chi connectivity index (χ0n) is 29.2. The van der Waals surface area contributed by atoms with E-state index in [9.17, 15) is 0 Å². The third kappa shape index (κ3) is 4.51. The van der Waals surface area contributed by atoms with Crippen molar-refractivity contribution in [1.82, 2.24) is 0 Å². The number of ether oxygens (including phenoxy) is 1. The minimum absolute atomic E-state index is 0.165. The minimum Gasteiger partial charge on any atom is -0.456 e. The van der Waals surface area contributed by atoms with Crippen molar-refractivity contribution < 1.29 is 4.74 Å². The average molecular weight is 676 g/mol. The van der Waals surface area contributed by atoms with E-state index in [4.69, 9.17) is 4.74 Å². The summed E-state index contributed by atoms with van der Waals surface area (Å²) < 4.78 is 6.83. The van der Waals surface area contributed by atoms with Gasteiger partial charge < -0.3 is 9.64 Å². The fourth-order valence-corrected chi connectivity index (χ4v) is 9.69. The van der Waals surface area contributed by atoms with Crippen molar-refractivity contribution in [2.75, 3.05) is 4.90 Å². The summed E-state index contributed by atoms with van der Waals surface area (Å²) in [6.45, 7) is 9.36. The quantitative estimate of drug-likeness (QED) is 0.185. The highest BCUT2D eigenvalue weighted by molar-refractivity contribution is 7.99. The first-order valence-corrected chi connectivity index (χ1v) is 18.6. The molecule has 2 nitrogen and oxygen atoms in total. The highest BCUT2D eigenvalue weighted by Crippen LogP contribution is 2.60. The van der Waals surface area contributed by atoms with Crippen molar-refractivity contribution in [3.63, 3.8) is 0 Å². The third-order valence-electron chi connectivity index (χ3n) is 11.3. The van der Waals surface area contributed by atoms with Crippen LogP contribution in [0.15, 0.2) is 161 Å². The molecule has 0 fully saturated rings. The molecule has 2 heterocycles. The van der Waals surface area contributed by atoms with Gasteiger partial charge in [-0.05, 0) is 81.4 Å². The van der Waals surface area contributed by atoms with Crippen LogP contribution in [0.5, 0.6) is 11.5 Å². The number of rotatable bonds is 3. The third-order valence-corrected chi connectivity index (χ3v) is 12.4. The Labute approximate surface area is 304 Å². The summed E-state index contributed by atoms with van der Waals surface area (Å²) in [5.41, 5.74) is 15.7. The highest BCUT2D eigenvalue weighted by Gasteiger charge is 2.43. The number of hydrogen-bond acceptors (Lipinski definition) is 3. The van der Waals surface area contributed by atoms with Gasteiger partial charge in [0, 0.05) is 43.0 Å². The Bertz CT molecular complexity index is 2440. The summed E-state index contributed by atoms with van der Waals surface area (Å²) >= 11 is 1.87. The Morgan fingerprint density at radius 3 is 1.69 bits per heavy atom. The summed E-state index contributed by atoms with van der Waals surface area (Å²) in [4.78, 5) is 4.97. The topological polar surface area (TPSA) is 12.5 Å². The van der Waals surface area contributed by atoms with Crippen LogP contribution < -0.4 is 9.64 Å². The molecule has 10 rings (SSSR count). The molecule has 0 atom stereocenters. The molecule has 0 saturated heterocycles. The number of hydrogen-bond donors (Lipinski definition) is 0. The molecule has 0 amide bonds. The average Bonchev–Trinajstić information content (AvgIpc) is 3.39. The number of para-hydroxylation sites is 1. The van der Waals surface area contributed by atoms with Gasteiger partial charge in [0.05, 0.1) is 11.4 Å². The van der Waals surface area contributed by atoms with E-state index < -0.39 is 0 Å². The van der Waals surface area contributed by atoms with E-state index in [1.807, 2.05) is 11.8 Å². The lowest BCUT2D eigenvalue weighted by molar-refractivity contribution is 0.419. The normalized spacial score (nSPS) is 15.4. The van der Waals surface area contributed by atoms with Crippen molar-refractivity contribution >= 4 is 28.8 Å². The van der Waals surface area contributed by atoms with Crippen LogP contribution in [0.3, 0.4) is 0 Å². The maximum absolute atomic E-state index is 6.83. The molecule has 0 N–H and O–H groups in total. The molecule has 0 saturated carbocycles. The summed E-state index contributed by atoms with van der Waals surface area (Å²) in [5.74, 6) is 1.96. The van der Waals surface area contributed by atoms with Gasteiger partial charge in [0.25, 0.3) is 0 Å². The Balaban J connectivity index is 1.14. The Hall–Kier alpha value is -5.51. The van der Waals surface area contributed by atoms with Crippen molar-refractivity contribution in [3.8, 4) is 44.9 Å². The smallest absolute Gasteiger partial charge is 0.139 e. The maximum Gasteiger partial charge on any atom is 0.139 e. The van der Waals surface area contributed by atoms with Crippen molar-refractivity contribution in [2.24, 2.45) is 0 Å². The van der Waals surface area contributed by atoms with Gasteiger partial charge in [-0.2, -0.15) is 0 Å². The van der Waals surface area contributed by atoms with Crippen LogP contribution in [0.1, 0.15) is 49.9 Å². The first-order valence-electron chi connectivity index (χ1n) is 17.8. The molecule has 0 radical (unpaired) electrons. The molecule has 2 aliphatic heterocycles. The van der Waals surface area contributed by atoms with E-state index in [-0.39, 0.29) is 10.8 Å². The van der Waals surface area contributed by atoms with Crippen LogP contribution in [-0.2, 0) is 10.8 Å². The van der Waals surface area contributed by atoms with E-state index in [0.717, 1.165) is 17.2 Å². The number of anilines is 3. The van der Waals surface area contributed by atoms with Crippen LogP contribution in [0.2, 0.25) is 0 Å². The number of benzene rings is 7. The molecule has 0 bridgehead atoms. The molecule has 3 aliphatic rings. The lowest BCUT2D eigenvalue weighted by Crippen LogP contribution is -2.25.